The van der Waals surface area contributed by atoms with Gasteiger partial charge in [-0.05, 0) is 49.6 Å². The number of carbonyl (C=O) groups excluding carboxylic acids is 1. The van der Waals surface area contributed by atoms with Crippen LogP contribution in [0.2, 0.25) is 0 Å². The molecule has 1 fully saturated rings. The Hall–Kier alpha value is -2.99. The summed E-state index contributed by atoms with van der Waals surface area (Å²) in [5, 5.41) is 3.70. The Balaban J connectivity index is 1.25. The molecule has 2 aromatic heterocycles. The van der Waals surface area contributed by atoms with Crippen LogP contribution in [0.5, 0.6) is 0 Å². The van der Waals surface area contributed by atoms with Crippen LogP contribution >= 0.6 is 23.1 Å². The number of aromatic nitrogens is 2. The van der Waals surface area contributed by atoms with Crippen molar-refractivity contribution < 1.29 is 13.2 Å². The highest BCUT2D eigenvalue weighted by Crippen LogP contribution is 2.36. The number of aryl methyl sites for hydroxylation is 1. The Morgan fingerprint density at radius 1 is 1.08 bits per heavy atom. The lowest BCUT2D eigenvalue weighted by molar-refractivity contribution is -0.113. The normalized spacial score (nSPS) is 14.6. The number of piperidine rings is 1. The molecule has 0 unspecified atom stereocenters. The van der Waals surface area contributed by atoms with E-state index in [0.29, 0.717) is 34.1 Å². The first-order valence-electron chi connectivity index (χ1n) is 11.9. The van der Waals surface area contributed by atoms with Crippen LogP contribution < -0.4 is 10.9 Å². The van der Waals surface area contributed by atoms with E-state index in [1.54, 1.807) is 12.1 Å². The number of sulfonamides is 1. The third-order valence-electron chi connectivity index (χ3n) is 6.21. The number of amides is 1. The van der Waals surface area contributed by atoms with Crippen molar-refractivity contribution in [3.05, 3.63) is 69.8 Å². The van der Waals surface area contributed by atoms with Crippen LogP contribution in [0, 0.1) is 6.92 Å². The van der Waals surface area contributed by atoms with E-state index in [-0.39, 0.29) is 22.1 Å². The molecule has 0 saturated carbocycles. The zero-order chi connectivity index (χ0) is 26.0. The van der Waals surface area contributed by atoms with Crippen molar-refractivity contribution in [2.45, 2.75) is 36.2 Å². The molecule has 2 N–H and O–H groups in total. The number of fused-ring (bicyclic) bond motifs is 1. The fourth-order valence-electron chi connectivity index (χ4n) is 4.42. The van der Waals surface area contributed by atoms with E-state index < -0.39 is 10.0 Å². The van der Waals surface area contributed by atoms with Gasteiger partial charge in [0.15, 0.2) is 5.16 Å². The molecular formula is C26H26N4O4S3. The van der Waals surface area contributed by atoms with Crippen molar-refractivity contribution in [2.75, 3.05) is 24.2 Å². The van der Waals surface area contributed by atoms with Gasteiger partial charge < -0.3 is 10.3 Å². The summed E-state index contributed by atoms with van der Waals surface area (Å²) < 4.78 is 27.1. The minimum Gasteiger partial charge on any atom is -0.325 e. The van der Waals surface area contributed by atoms with Gasteiger partial charge in [-0.25, -0.2) is 13.4 Å². The van der Waals surface area contributed by atoms with E-state index in [9.17, 15) is 18.0 Å². The van der Waals surface area contributed by atoms with Crippen LogP contribution in [0.25, 0.3) is 21.3 Å². The number of carbonyl (C=O) groups is 1. The monoisotopic (exact) mass is 554 g/mol. The number of hydrogen-bond donors (Lipinski definition) is 2. The number of benzene rings is 2. The van der Waals surface area contributed by atoms with Gasteiger partial charge in [0.05, 0.1) is 16.0 Å². The summed E-state index contributed by atoms with van der Waals surface area (Å²) >= 11 is 2.59. The molecule has 5 rings (SSSR count). The molecule has 192 valence electrons. The van der Waals surface area contributed by atoms with Crippen molar-refractivity contribution in [1.29, 1.82) is 0 Å². The number of H-pyrrole nitrogens is 1. The molecule has 1 saturated heterocycles. The Labute approximate surface area is 223 Å². The number of nitrogens with zero attached hydrogens (tertiary/aromatic N) is 2. The summed E-state index contributed by atoms with van der Waals surface area (Å²) in [5.41, 5.74) is 2.12. The fourth-order valence-corrected chi connectivity index (χ4v) is 7.70. The second-order valence-electron chi connectivity index (χ2n) is 8.78. The van der Waals surface area contributed by atoms with E-state index in [0.717, 1.165) is 47.0 Å². The molecule has 0 radical (unpaired) electrons. The van der Waals surface area contributed by atoms with E-state index in [2.05, 4.69) is 15.3 Å². The Morgan fingerprint density at radius 3 is 2.49 bits per heavy atom. The molecule has 0 atom stereocenters. The molecule has 11 heteroatoms. The number of rotatable bonds is 7. The van der Waals surface area contributed by atoms with Crippen molar-refractivity contribution >= 4 is 54.9 Å². The molecule has 8 nitrogen and oxygen atoms in total. The molecule has 1 amide bonds. The Morgan fingerprint density at radius 2 is 1.78 bits per heavy atom. The average molecular weight is 555 g/mol. The number of thioether (sulfide) groups is 1. The first-order valence-corrected chi connectivity index (χ1v) is 15.2. The molecule has 2 aromatic carbocycles. The van der Waals surface area contributed by atoms with Gasteiger partial charge in [-0.1, -0.05) is 48.5 Å². The van der Waals surface area contributed by atoms with Gasteiger partial charge in [0.2, 0.25) is 15.9 Å². The zero-order valence-electron chi connectivity index (χ0n) is 20.2. The summed E-state index contributed by atoms with van der Waals surface area (Å²) in [6, 6.07) is 15.9. The molecule has 3 heterocycles. The largest absolute Gasteiger partial charge is 0.325 e. The number of aromatic amines is 1. The van der Waals surface area contributed by atoms with E-state index in [1.165, 1.54) is 27.8 Å². The summed E-state index contributed by atoms with van der Waals surface area (Å²) in [4.78, 5) is 34.7. The second kappa shape index (κ2) is 10.8. The van der Waals surface area contributed by atoms with Crippen LogP contribution in [0.15, 0.2) is 69.4 Å². The lowest BCUT2D eigenvalue weighted by atomic mass is 10.0. The number of hydrogen-bond acceptors (Lipinski definition) is 7. The highest BCUT2D eigenvalue weighted by molar-refractivity contribution is 7.99. The van der Waals surface area contributed by atoms with Gasteiger partial charge in [-0.2, -0.15) is 4.31 Å². The van der Waals surface area contributed by atoms with Gasteiger partial charge in [0, 0.05) is 29.2 Å². The maximum atomic E-state index is 12.9. The van der Waals surface area contributed by atoms with Crippen molar-refractivity contribution in [3.8, 4) is 11.1 Å². The lowest BCUT2D eigenvalue weighted by Gasteiger charge is -2.25. The van der Waals surface area contributed by atoms with Gasteiger partial charge in [-0.15, -0.1) is 11.3 Å². The Kier molecular flexibility index (Phi) is 7.47. The second-order valence-corrected chi connectivity index (χ2v) is 12.9. The summed E-state index contributed by atoms with van der Waals surface area (Å²) in [7, 11) is -3.52. The predicted octanol–water partition coefficient (Wildman–Crippen LogP) is 4.87. The van der Waals surface area contributed by atoms with Crippen LogP contribution in [0.1, 0.15) is 24.1 Å². The fraction of sp³-hybridized carbons (Fsp3) is 0.269. The van der Waals surface area contributed by atoms with Crippen LogP contribution in [-0.4, -0.2) is 47.4 Å². The molecule has 37 heavy (non-hydrogen) atoms. The smallest absolute Gasteiger partial charge is 0.260 e. The zero-order valence-corrected chi connectivity index (χ0v) is 22.6. The molecule has 1 aliphatic rings. The SMILES string of the molecule is Cc1sc2nc(SCC(=O)Nc3ccc(S(=O)(=O)N4CCCCC4)cc3)[nH]c(=O)c2c1-c1ccccc1. The minimum absolute atomic E-state index is 0.0399. The van der Waals surface area contributed by atoms with Crippen molar-refractivity contribution in [2.24, 2.45) is 0 Å². The highest BCUT2D eigenvalue weighted by atomic mass is 32.2. The topological polar surface area (TPSA) is 112 Å². The van der Waals surface area contributed by atoms with Gasteiger partial charge >= 0.3 is 0 Å². The molecule has 4 aromatic rings. The quantitative estimate of drug-likeness (QED) is 0.249. The first kappa shape index (κ1) is 25.7. The standard InChI is InChI=1S/C26H26N4O4S3/c1-17-22(18-8-4-2-5-9-18)23-24(32)28-26(29-25(23)36-17)35-16-21(31)27-19-10-12-20(13-11-19)37(33,34)30-14-6-3-7-15-30/h2,4-5,8-13H,3,6-7,14-16H2,1H3,(H,27,31)(H,28,29,32). The lowest BCUT2D eigenvalue weighted by Crippen LogP contribution is -2.35. The molecule has 0 spiro atoms. The van der Waals surface area contributed by atoms with Gasteiger partial charge in [0.1, 0.15) is 4.83 Å². The third kappa shape index (κ3) is 5.49. The van der Waals surface area contributed by atoms with Gasteiger partial charge in [-0.3, -0.25) is 9.59 Å². The molecule has 1 aliphatic heterocycles. The van der Waals surface area contributed by atoms with E-state index in [4.69, 9.17) is 0 Å². The first-order chi connectivity index (χ1) is 17.8. The van der Waals surface area contributed by atoms with E-state index in [1.807, 2.05) is 37.3 Å². The maximum absolute atomic E-state index is 12.9. The Bertz CT molecular complexity index is 1590. The van der Waals surface area contributed by atoms with Crippen molar-refractivity contribution in [3.63, 3.8) is 0 Å². The van der Waals surface area contributed by atoms with E-state index >= 15 is 0 Å². The summed E-state index contributed by atoms with van der Waals surface area (Å²) in [6.07, 6.45) is 2.80. The third-order valence-corrected chi connectivity index (χ3v) is 9.99. The summed E-state index contributed by atoms with van der Waals surface area (Å²) in [5.74, 6) is -0.246. The average Bonchev–Trinajstić information content (AvgIpc) is 3.25. The van der Waals surface area contributed by atoms with Crippen LogP contribution in [0.4, 0.5) is 5.69 Å². The van der Waals surface area contributed by atoms with Crippen LogP contribution in [-0.2, 0) is 14.8 Å². The number of thiophene rings is 1. The highest BCUT2D eigenvalue weighted by Gasteiger charge is 2.25. The summed E-state index contributed by atoms with van der Waals surface area (Å²) in [6.45, 7) is 3.05. The van der Waals surface area contributed by atoms with Crippen molar-refractivity contribution in [1.82, 2.24) is 14.3 Å². The molecule has 0 bridgehead atoms. The van der Waals surface area contributed by atoms with Crippen LogP contribution in [0.3, 0.4) is 0 Å². The molecular weight excluding hydrogens is 529 g/mol. The number of nitrogens with one attached hydrogen (secondary N) is 2. The maximum Gasteiger partial charge on any atom is 0.260 e. The predicted molar refractivity (Wildman–Crippen MR) is 149 cm³/mol. The number of anilines is 1. The molecule has 0 aliphatic carbocycles. The van der Waals surface area contributed by atoms with Gasteiger partial charge in [0.25, 0.3) is 5.56 Å². The minimum atomic E-state index is -3.52.